The summed E-state index contributed by atoms with van der Waals surface area (Å²) in [6.07, 6.45) is 2.69. The number of nitrogens with zero attached hydrogens (tertiary/aromatic N) is 2. The lowest BCUT2D eigenvalue weighted by molar-refractivity contribution is -0.384. The average molecular weight is 305 g/mol. The van der Waals surface area contributed by atoms with Crippen molar-refractivity contribution in [2.24, 2.45) is 0 Å². The van der Waals surface area contributed by atoms with E-state index in [9.17, 15) is 10.1 Å². The van der Waals surface area contributed by atoms with Crippen LogP contribution in [0.5, 0.6) is 0 Å². The van der Waals surface area contributed by atoms with Crippen LogP contribution in [0.1, 0.15) is 42.8 Å². The molecule has 2 aromatic rings. The minimum Gasteiger partial charge on any atom is -0.309 e. The van der Waals surface area contributed by atoms with Gasteiger partial charge in [-0.05, 0) is 12.0 Å². The molecule has 0 aliphatic rings. The highest BCUT2D eigenvalue weighted by Crippen LogP contribution is 2.23. The lowest BCUT2D eigenvalue weighted by Crippen LogP contribution is -2.25. The molecule has 0 amide bonds. The Labute approximate surface area is 128 Å². The number of nitro benzene ring substituents is 1. The molecule has 0 spiro atoms. The Morgan fingerprint density at radius 2 is 2.29 bits per heavy atom. The summed E-state index contributed by atoms with van der Waals surface area (Å²) in [5.41, 5.74) is 1.10. The van der Waals surface area contributed by atoms with Crippen molar-refractivity contribution in [2.75, 3.05) is 6.54 Å². The van der Waals surface area contributed by atoms with Crippen molar-refractivity contribution in [3.63, 3.8) is 0 Å². The summed E-state index contributed by atoms with van der Waals surface area (Å²) in [5, 5.41) is 17.4. The Hall–Kier alpha value is -1.79. The van der Waals surface area contributed by atoms with Crippen LogP contribution in [0.25, 0.3) is 0 Å². The van der Waals surface area contributed by atoms with Crippen LogP contribution < -0.4 is 5.32 Å². The third-order valence-corrected chi connectivity index (χ3v) is 4.44. The monoisotopic (exact) mass is 305 g/mol. The number of benzene rings is 1. The molecule has 0 fully saturated rings. The Balaban J connectivity index is 2.03. The normalized spacial score (nSPS) is 13.8. The quantitative estimate of drug-likeness (QED) is 0.622. The molecule has 2 unspecified atom stereocenters. The van der Waals surface area contributed by atoms with Gasteiger partial charge in [0.15, 0.2) is 0 Å². The van der Waals surface area contributed by atoms with E-state index in [0.717, 1.165) is 23.5 Å². The first kappa shape index (κ1) is 15.6. The second-order valence-corrected chi connectivity index (χ2v) is 5.92. The molecule has 21 heavy (non-hydrogen) atoms. The predicted octanol–water partition coefficient (Wildman–Crippen LogP) is 3.90. The van der Waals surface area contributed by atoms with Gasteiger partial charge in [-0.15, -0.1) is 11.3 Å². The van der Waals surface area contributed by atoms with Gasteiger partial charge >= 0.3 is 0 Å². The maximum Gasteiger partial charge on any atom is 0.269 e. The van der Waals surface area contributed by atoms with Crippen molar-refractivity contribution in [3.05, 3.63) is 56.5 Å². The molecule has 0 radical (unpaired) electrons. The first-order valence-corrected chi connectivity index (χ1v) is 7.87. The van der Waals surface area contributed by atoms with Crippen LogP contribution in [-0.2, 0) is 0 Å². The molecule has 0 aliphatic carbocycles. The van der Waals surface area contributed by atoms with E-state index in [2.05, 4.69) is 24.1 Å². The summed E-state index contributed by atoms with van der Waals surface area (Å²) in [6, 6.07) is 6.96. The number of nitro groups is 1. The molecule has 5 nitrogen and oxygen atoms in total. The van der Waals surface area contributed by atoms with E-state index in [1.165, 1.54) is 6.07 Å². The minimum atomic E-state index is -0.353. The van der Waals surface area contributed by atoms with Crippen LogP contribution in [0, 0.1) is 10.1 Å². The molecule has 0 saturated heterocycles. The largest absolute Gasteiger partial charge is 0.309 e. The molecule has 112 valence electrons. The molecule has 1 aromatic heterocycles. The molecule has 2 rings (SSSR count). The van der Waals surface area contributed by atoms with E-state index in [-0.39, 0.29) is 16.7 Å². The number of thiazole rings is 1. The van der Waals surface area contributed by atoms with E-state index in [4.69, 9.17) is 0 Å². The van der Waals surface area contributed by atoms with Gasteiger partial charge in [0, 0.05) is 42.2 Å². The van der Waals surface area contributed by atoms with Crippen LogP contribution in [0.2, 0.25) is 0 Å². The Morgan fingerprint density at radius 3 is 2.90 bits per heavy atom. The molecule has 0 bridgehead atoms. The standard InChI is InChI=1S/C15H19N3O2S/c1-3-14(12-5-4-6-13(9-12)18(19)20)17-10-11(2)15-16-7-8-21-15/h4-9,11,14,17H,3,10H2,1-2H3. The van der Waals surface area contributed by atoms with Gasteiger partial charge in [-0.25, -0.2) is 4.98 Å². The average Bonchev–Trinajstić information content (AvgIpc) is 3.02. The molecule has 1 N–H and O–H groups in total. The Kier molecular flexibility index (Phi) is 5.41. The van der Waals surface area contributed by atoms with E-state index >= 15 is 0 Å². The Morgan fingerprint density at radius 1 is 1.48 bits per heavy atom. The summed E-state index contributed by atoms with van der Waals surface area (Å²) < 4.78 is 0. The van der Waals surface area contributed by atoms with Crippen molar-refractivity contribution in [3.8, 4) is 0 Å². The molecular formula is C15H19N3O2S. The highest BCUT2D eigenvalue weighted by molar-refractivity contribution is 7.09. The van der Waals surface area contributed by atoms with Gasteiger partial charge in [-0.3, -0.25) is 10.1 Å². The summed E-state index contributed by atoms with van der Waals surface area (Å²) in [6.45, 7) is 5.01. The lowest BCUT2D eigenvalue weighted by Gasteiger charge is -2.19. The zero-order chi connectivity index (χ0) is 15.2. The fourth-order valence-electron chi connectivity index (χ4n) is 2.24. The van der Waals surface area contributed by atoms with Gasteiger partial charge < -0.3 is 5.32 Å². The zero-order valence-corrected chi connectivity index (χ0v) is 13.0. The van der Waals surface area contributed by atoms with Crippen molar-refractivity contribution in [1.82, 2.24) is 10.3 Å². The fourth-order valence-corrected chi connectivity index (χ4v) is 2.94. The third kappa shape index (κ3) is 4.09. The van der Waals surface area contributed by atoms with Gasteiger partial charge in [0.25, 0.3) is 5.69 Å². The Bertz CT molecular complexity index is 586. The lowest BCUT2D eigenvalue weighted by atomic mass is 10.0. The molecule has 0 saturated carbocycles. The van der Waals surface area contributed by atoms with Crippen molar-refractivity contribution >= 4 is 17.0 Å². The van der Waals surface area contributed by atoms with Crippen LogP contribution in [0.4, 0.5) is 5.69 Å². The van der Waals surface area contributed by atoms with Crippen LogP contribution in [0.3, 0.4) is 0 Å². The number of rotatable bonds is 7. The van der Waals surface area contributed by atoms with Crippen LogP contribution in [-0.4, -0.2) is 16.5 Å². The number of nitrogens with one attached hydrogen (secondary N) is 1. The second-order valence-electron chi connectivity index (χ2n) is 4.99. The molecule has 2 atom stereocenters. The van der Waals surface area contributed by atoms with E-state index in [0.29, 0.717) is 5.92 Å². The van der Waals surface area contributed by atoms with Crippen molar-refractivity contribution in [1.29, 1.82) is 0 Å². The van der Waals surface area contributed by atoms with Gasteiger partial charge in [-0.1, -0.05) is 26.0 Å². The van der Waals surface area contributed by atoms with Gasteiger partial charge in [-0.2, -0.15) is 0 Å². The van der Waals surface area contributed by atoms with E-state index in [1.54, 1.807) is 23.5 Å². The SMILES string of the molecule is CCC(NCC(C)c1nccs1)c1cccc([N+](=O)[O-])c1. The van der Waals surface area contributed by atoms with Gasteiger partial charge in [0.05, 0.1) is 9.93 Å². The number of aromatic nitrogens is 1. The van der Waals surface area contributed by atoms with Crippen LogP contribution in [0.15, 0.2) is 35.8 Å². The zero-order valence-electron chi connectivity index (χ0n) is 12.2. The van der Waals surface area contributed by atoms with Crippen molar-refractivity contribution < 1.29 is 4.92 Å². The number of hydrogen-bond acceptors (Lipinski definition) is 5. The highest BCUT2D eigenvalue weighted by Gasteiger charge is 2.15. The summed E-state index contributed by atoms with van der Waals surface area (Å²) >= 11 is 1.65. The molecule has 0 aliphatic heterocycles. The first-order valence-electron chi connectivity index (χ1n) is 6.99. The number of non-ortho nitro benzene ring substituents is 1. The van der Waals surface area contributed by atoms with Gasteiger partial charge in [0.1, 0.15) is 0 Å². The second kappa shape index (κ2) is 7.28. The molecular weight excluding hydrogens is 286 g/mol. The van der Waals surface area contributed by atoms with Crippen LogP contribution >= 0.6 is 11.3 Å². The smallest absolute Gasteiger partial charge is 0.269 e. The highest BCUT2D eigenvalue weighted by atomic mass is 32.1. The predicted molar refractivity (Wildman–Crippen MR) is 84.7 cm³/mol. The maximum absolute atomic E-state index is 10.9. The summed E-state index contributed by atoms with van der Waals surface area (Å²) in [7, 11) is 0. The summed E-state index contributed by atoms with van der Waals surface area (Å²) in [4.78, 5) is 14.8. The molecule has 6 heteroatoms. The fraction of sp³-hybridized carbons (Fsp3) is 0.400. The van der Waals surface area contributed by atoms with E-state index < -0.39 is 0 Å². The third-order valence-electron chi connectivity index (χ3n) is 3.44. The number of hydrogen-bond donors (Lipinski definition) is 1. The summed E-state index contributed by atoms with van der Waals surface area (Å²) in [5.74, 6) is 0.331. The van der Waals surface area contributed by atoms with E-state index in [1.807, 2.05) is 17.6 Å². The molecule has 1 heterocycles. The minimum absolute atomic E-state index is 0.118. The molecule has 1 aromatic carbocycles. The first-order chi connectivity index (χ1) is 10.1. The van der Waals surface area contributed by atoms with Gasteiger partial charge in [0.2, 0.25) is 0 Å². The topological polar surface area (TPSA) is 68.1 Å². The maximum atomic E-state index is 10.9. The van der Waals surface area contributed by atoms with Crippen molar-refractivity contribution in [2.45, 2.75) is 32.2 Å².